The molecule has 2 N–H and O–H groups in total. The van der Waals surface area contributed by atoms with Crippen LogP contribution in [0, 0.1) is 13.8 Å². The van der Waals surface area contributed by atoms with Crippen LogP contribution in [0.15, 0.2) is 12.1 Å². The third-order valence-electron chi connectivity index (χ3n) is 3.55. The van der Waals surface area contributed by atoms with Crippen molar-refractivity contribution in [1.82, 2.24) is 0 Å². The van der Waals surface area contributed by atoms with Crippen LogP contribution in [0.2, 0.25) is 5.02 Å². The molecular formula is C25H48ClNO3. The second-order valence-electron chi connectivity index (χ2n) is 6.49. The Morgan fingerprint density at radius 2 is 1.33 bits per heavy atom. The van der Waals surface area contributed by atoms with Crippen molar-refractivity contribution >= 4 is 23.7 Å². The van der Waals surface area contributed by atoms with Crippen molar-refractivity contribution in [3.8, 4) is 0 Å². The zero-order valence-electron chi connectivity index (χ0n) is 21.1. The molecule has 0 bridgehead atoms. The van der Waals surface area contributed by atoms with Crippen molar-refractivity contribution in [3.05, 3.63) is 33.8 Å². The first-order valence-corrected chi connectivity index (χ1v) is 11.5. The summed E-state index contributed by atoms with van der Waals surface area (Å²) in [7, 11) is 1.56. The van der Waals surface area contributed by atoms with Crippen molar-refractivity contribution in [2.24, 2.45) is 5.73 Å². The number of carbonyl (C=O) groups is 2. The molecule has 0 aromatic heterocycles. The van der Waals surface area contributed by atoms with Gasteiger partial charge >= 0.3 is 0 Å². The molecule has 1 aliphatic rings. The van der Waals surface area contributed by atoms with E-state index in [1.165, 1.54) is 51.9 Å². The summed E-state index contributed by atoms with van der Waals surface area (Å²) < 4.78 is 4.32. The van der Waals surface area contributed by atoms with E-state index >= 15 is 0 Å². The summed E-state index contributed by atoms with van der Waals surface area (Å²) in [4.78, 5) is 19.9. The maximum absolute atomic E-state index is 11.1. The number of Topliss-reactive ketones (excluding diaryl/α,β-unsaturated/α-hetero) is 1. The van der Waals surface area contributed by atoms with E-state index in [1.807, 2.05) is 33.8 Å². The molecule has 0 amide bonds. The molecule has 30 heavy (non-hydrogen) atoms. The van der Waals surface area contributed by atoms with Crippen molar-refractivity contribution in [3.63, 3.8) is 0 Å². The Morgan fingerprint density at radius 3 is 1.57 bits per heavy atom. The Bertz CT molecular complexity index is 488. The number of ether oxygens (including phenoxy) is 1. The van der Waals surface area contributed by atoms with Gasteiger partial charge in [-0.05, 0) is 44.9 Å². The number of nitrogens with two attached hydrogens (primary N) is 1. The zero-order valence-corrected chi connectivity index (χ0v) is 21.8. The Labute approximate surface area is 191 Å². The van der Waals surface area contributed by atoms with Crippen LogP contribution in [-0.4, -0.2) is 25.9 Å². The number of rotatable bonds is 2. The van der Waals surface area contributed by atoms with Gasteiger partial charge in [0.25, 0.3) is 0 Å². The number of ketones is 1. The van der Waals surface area contributed by atoms with Crippen LogP contribution in [-0.2, 0) is 9.53 Å². The Kier molecular flexibility index (Phi) is 36.1. The number of halogens is 1. The standard InChI is InChI=1S/C10H11ClO.C6H12.C3H8.C2H7NO.C2H4O.C2H6/c1-6-4-7(2)10(11)5-9(6)8(3)12;1-2-4-6-5-3-1;1-3-2;1-4-2-3;1-2-3;1-2/h4-5H,1-3H3;1-6H2;3H2,1-2H3;2-3H2,1H3;2H,1H3;1-2H3. The van der Waals surface area contributed by atoms with Gasteiger partial charge in [-0.1, -0.05) is 90.3 Å². The lowest BCUT2D eigenvalue weighted by Crippen LogP contribution is -1.98. The molecule has 2 rings (SSSR count). The summed E-state index contributed by atoms with van der Waals surface area (Å²) in [5.41, 5.74) is 7.52. The van der Waals surface area contributed by atoms with E-state index in [9.17, 15) is 4.79 Å². The molecule has 1 fully saturated rings. The van der Waals surface area contributed by atoms with E-state index in [2.05, 4.69) is 18.6 Å². The fourth-order valence-electron chi connectivity index (χ4n) is 2.27. The molecule has 1 aromatic rings. The first-order valence-electron chi connectivity index (χ1n) is 11.1. The lowest BCUT2D eigenvalue weighted by molar-refractivity contribution is -0.106. The first kappa shape index (κ1) is 36.2. The zero-order chi connectivity index (χ0) is 24.4. The molecule has 5 heteroatoms. The lowest BCUT2D eigenvalue weighted by Gasteiger charge is -2.05. The van der Waals surface area contributed by atoms with Gasteiger partial charge in [-0.15, -0.1) is 0 Å². The van der Waals surface area contributed by atoms with Gasteiger partial charge < -0.3 is 15.3 Å². The van der Waals surface area contributed by atoms with Crippen LogP contribution in [0.4, 0.5) is 0 Å². The molecule has 0 aliphatic heterocycles. The van der Waals surface area contributed by atoms with E-state index in [1.54, 1.807) is 20.1 Å². The van der Waals surface area contributed by atoms with E-state index in [0.717, 1.165) is 17.4 Å². The average molecular weight is 446 g/mol. The number of aryl methyl sites for hydroxylation is 2. The van der Waals surface area contributed by atoms with Crippen LogP contribution in [0.25, 0.3) is 0 Å². The van der Waals surface area contributed by atoms with Crippen LogP contribution >= 0.6 is 11.6 Å². The summed E-state index contributed by atoms with van der Waals surface area (Å²) in [5, 5.41) is 0.658. The molecular weight excluding hydrogens is 398 g/mol. The van der Waals surface area contributed by atoms with Crippen LogP contribution in [0.5, 0.6) is 0 Å². The summed E-state index contributed by atoms with van der Waals surface area (Å²) in [5.74, 6) is 0.0643. The second kappa shape index (κ2) is 30.0. The molecule has 1 saturated carbocycles. The fourth-order valence-corrected chi connectivity index (χ4v) is 2.43. The monoisotopic (exact) mass is 445 g/mol. The predicted molar refractivity (Wildman–Crippen MR) is 134 cm³/mol. The number of methoxy groups -OCH3 is 1. The van der Waals surface area contributed by atoms with Gasteiger partial charge in [-0.2, -0.15) is 0 Å². The molecule has 0 atom stereocenters. The highest BCUT2D eigenvalue weighted by molar-refractivity contribution is 6.31. The van der Waals surface area contributed by atoms with Gasteiger partial charge in [-0.25, -0.2) is 0 Å². The van der Waals surface area contributed by atoms with Crippen molar-refractivity contribution < 1.29 is 14.3 Å². The van der Waals surface area contributed by atoms with Crippen molar-refractivity contribution in [1.29, 1.82) is 0 Å². The summed E-state index contributed by atoms with van der Waals surface area (Å²) >= 11 is 5.88. The van der Waals surface area contributed by atoms with E-state index in [4.69, 9.17) is 22.1 Å². The topological polar surface area (TPSA) is 69.4 Å². The molecule has 1 aromatic carbocycles. The van der Waals surface area contributed by atoms with Crippen LogP contribution < -0.4 is 5.73 Å². The minimum atomic E-state index is 0.0643. The number of aldehydes is 1. The molecule has 0 radical (unpaired) electrons. The number of benzene rings is 1. The number of carbonyl (C=O) groups excluding carboxylic acids is 2. The second-order valence-corrected chi connectivity index (χ2v) is 6.90. The van der Waals surface area contributed by atoms with E-state index in [0.29, 0.717) is 17.3 Å². The Hall–Kier alpha value is -1.23. The summed E-state index contributed by atoms with van der Waals surface area (Å²) in [6.07, 6.45) is 11.0. The van der Waals surface area contributed by atoms with Gasteiger partial charge in [0.1, 0.15) is 6.29 Å². The smallest absolute Gasteiger partial charge is 0.160 e. The van der Waals surface area contributed by atoms with Crippen LogP contribution in [0.1, 0.15) is 108 Å². The molecule has 0 spiro atoms. The maximum Gasteiger partial charge on any atom is 0.160 e. The highest BCUT2D eigenvalue weighted by Gasteiger charge is 2.06. The van der Waals surface area contributed by atoms with Gasteiger partial charge in [-0.3, -0.25) is 4.79 Å². The van der Waals surface area contributed by atoms with Crippen molar-refractivity contribution in [2.45, 2.75) is 100 Å². The summed E-state index contributed by atoms with van der Waals surface area (Å²) in [6.45, 7) is 15.4. The molecule has 0 saturated heterocycles. The molecule has 4 nitrogen and oxygen atoms in total. The van der Waals surface area contributed by atoms with E-state index in [-0.39, 0.29) is 5.78 Å². The average Bonchev–Trinajstić information content (AvgIpc) is 2.75. The van der Waals surface area contributed by atoms with Gasteiger partial charge in [0.05, 0.1) is 6.73 Å². The van der Waals surface area contributed by atoms with Gasteiger partial charge in [0.15, 0.2) is 5.78 Å². The van der Waals surface area contributed by atoms with Crippen molar-refractivity contribution in [2.75, 3.05) is 13.8 Å². The number of hydrogen-bond acceptors (Lipinski definition) is 4. The third kappa shape index (κ3) is 26.8. The summed E-state index contributed by atoms with van der Waals surface area (Å²) in [6, 6.07) is 3.66. The number of hydrogen-bond donors (Lipinski definition) is 1. The van der Waals surface area contributed by atoms with E-state index < -0.39 is 0 Å². The lowest BCUT2D eigenvalue weighted by atomic mass is 10.0. The quantitative estimate of drug-likeness (QED) is 0.287. The first-order chi connectivity index (χ1) is 14.3. The molecule has 1 aliphatic carbocycles. The molecule has 178 valence electrons. The normalized spacial score (nSPS) is 11.0. The minimum absolute atomic E-state index is 0.0643. The minimum Gasteiger partial charge on any atom is -0.370 e. The fraction of sp³-hybridized carbons (Fsp3) is 0.680. The van der Waals surface area contributed by atoms with Gasteiger partial charge in [0.2, 0.25) is 0 Å². The SMILES string of the molecule is C1CCCCC1.CC.CC(=O)c1cc(Cl)c(C)cc1C.CC=O.CCC.COCN. The predicted octanol–water partition coefficient (Wildman–Crippen LogP) is 7.70. The maximum atomic E-state index is 11.1. The third-order valence-corrected chi connectivity index (χ3v) is 3.96. The molecule has 0 unspecified atom stereocenters. The Morgan fingerprint density at radius 1 is 1.03 bits per heavy atom. The van der Waals surface area contributed by atoms with Gasteiger partial charge in [0, 0.05) is 17.7 Å². The Balaban J connectivity index is -0.000000158. The van der Waals surface area contributed by atoms with Crippen LogP contribution in [0.3, 0.4) is 0 Å². The highest BCUT2D eigenvalue weighted by Crippen LogP contribution is 2.20. The largest absolute Gasteiger partial charge is 0.370 e. The molecule has 0 heterocycles. The highest BCUT2D eigenvalue weighted by atomic mass is 35.5.